The Morgan fingerprint density at radius 1 is 1.33 bits per heavy atom. The Balaban J connectivity index is 2.74. The topological polar surface area (TPSA) is 91.2 Å². The van der Waals surface area contributed by atoms with Crippen molar-refractivity contribution in [3.05, 3.63) is 39.8 Å². The second-order valence-corrected chi connectivity index (χ2v) is 4.89. The van der Waals surface area contributed by atoms with Gasteiger partial charge in [0.1, 0.15) is 5.69 Å². The number of hydrogen-bond acceptors (Lipinski definition) is 5. The molecule has 21 heavy (non-hydrogen) atoms. The van der Waals surface area contributed by atoms with Gasteiger partial charge in [-0.15, -0.1) is 0 Å². The van der Waals surface area contributed by atoms with Gasteiger partial charge in [-0.3, -0.25) is 0 Å². The molecular formula is C13H10Cl2FN3O2. The standard InChI is InChI=1S/C13H10Cl2FN3O2/c1-21-13(20)12-8(15)10(18)9(16)11(19-12)6-3-2-5(14)4-7(6)17/h2-4H,17H2,1H3,(H2,18,19). The average molecular weight is 330 g/mol. The van der Waals surface area contributed by atoms with Gasteiger partial charge in [0.05, 0.1) is 17.8 Å². The van der Waals surface area contributed by atoms with E-state index in [2.05, 4.69) is 9.72 Å². The number of carbonyl (C=O) groups is 1. The predicted octanol–water partition coefficient (Wildman–Crippen LogP) is 3.15. The number of carbonyl (C=O) groups excluding carboxylic acids is 1. The van der Waals surface area contributed by atoms with E-state index >= 15 is 0 Å². The first kappa shape index (κ1) is 15.3. The maximum Gasteiger partial charge on any atom is 0.358 e. The van der Waals surface area contributed by atoms with Crippen LogP contribution in [0.4, 0.5) is 15.8 Å². The van der Waals surface area contributed by atoms with Crippen LogP contribution >= 0.6 is 23.2 Å². The Labute approximate surface area is 129 Å². The van der Waals surface area contributed by atoms with Gasteiger partial charge in [-0.1, -0.05) is 23.2 Å². The number of esters is 1. The third kappa shape index (κ3) is 2.72. The average Bonchev–Trinajstić information content (AvgIpc) is 2.45. The lowest BCUT2D eigenvalue weighted by Gasteiger charge is -2.12. The fourth-order valence-electron chi connectivity index (χ4n) is 1.72. The Hall–Kier alpha value is -2.05. The molecular weight excluding hydrogens is 320 g/mol. The van der Waals surface area contributed by atoms with Crippen LogP contribution in [0.1, 0.15) is 10.5 Å². The highest BCUT2D eigenvalue weighted by Gasteiger charge is 2.23. The zero-order chi connectivity index (χ0) is 15.7. The van der Waals surface area contributed by atoms with Crippen LogP contribution in [0.2, 0.25) is 10.0 Å². The highest BCUT2D eigenvalue weighted by atomic mass is 35.5. The fraction of sp³-hybridized carbons (Fsp3) is 0.0769. The summed E-state index contributed by atoms with van der Waals surface area (Å²) in [5, 5.41) is 0.0717. The van der Waals surface area contributed by atoms with Gasteiger partial charge in [-0.25, -0.2) is 14.2 Å². The third-order valence-corrected chi connectivity index (χ3v) is 3.38. The van der Waals surface area contributed by atoms with Gasteiger partial charge in [0, 0.05) is 16.3 Å². The molecule has 0 aliphatic heterocycles. The molecule has 1 aromatic carbocycles. The number of ether oxygens (including phenoxy) is 1. The molecule has 0 amide bonds. The van der Waals surface area contributed by atoms with Crippen molar-refractivity contribution in [2.24, 2.45) is 0 Å². The Bertz CT molecular complexity index is 738. The quantitative estimate of drug-likeness (QED) is 0.652. The van der Waals surface area contributed by atoms with E-state index < -0.39 is 17.5 Å². The van der Waals surface area contributed by atoms with Gasteiger partial charge in [0.25, 0.3) is 0 Å². The molecule has 1 aromatic heterocycles. The normalized spacial score (nSPS) is 10.5. The van der Waals surface area contributed by atoms with Crippen LogP contribution in [0.25, 0.3) is 11.3 Å². The van der Waals surface area contributed by atoms with E-state index in [9.17, 15) is 9.18 Å². The first-order chi connectivity index (χ1) is 9.86. The molecule has 4 N–H and O–H groups in total. The molecule has 0 saturated carbocycles. The number of methoxy groups -OCH3 is 1. The zero-order valence-corrected chi connectivity index (χ0v) is 12.3. The van der Waals surface area contributed by atoms with Crippen molar-refractivity contribution in [3.63, 3.8) is 0 Å². The van der Waals surface area contributed by atoms with E-state index in [1.807, 2.05) is 0 Å². The number of rotatable bonds is 2. The number of anilines is 2. The SMILES string of the molecule is COC(=O)c1nc(-c2ccc(Cl)cc2N)c(F)c(N)c1Cl. The molecule has 0 aliphatic carbocycles. The maximum absolute atomic E-state index is 14.3. The van der Waals surface area contributed by atoms with Crippen LogP contribution in [0.15, 0.2) is 18.2 Å². The van der Waals surface area contributed by atoms with Crippen LogP contribution in [0, 0.1) is 5.82 Å². The summed E-state index contributed by atoms with van der Waals surface area (Å²) in [5.74, 6) is -1.71. The van der Waals surface area contributed by atoms with Crippen LogP contribution < -0.4 is 11.5 Å². The minimum absolute atomic E-state index is 0.187. The highest BCUT2D eigenvalue weighted by Crippen LogP contribution is 2.35. The summed E-state index contributed by atoms with van der Waals surface area (Å²) in [6, 6.07) is 4.41. The lowest BCUT2D eigenvalue weighted by Crippen LogP contribution is -2.10. The molecule has 0 saturated heterocycles. The fourth-order valence-corrected chi connectivity index (χ4v) is 2.10. The third-order valence-electron chi connectivity index (χ3n) is 2.76. The highest BCUT2D eigenvalue weighted by molar-refractivity contribution is 6.35. The molecule has 5 nitrogen and oxygen atoms in total. The Kier molecular flexibility index (Phi) is 4.20. The summed E-state index contributed by atoms with van der Waals surface area (Å²) >= 11 is 11.6. The van der Waals surface area contributed by atoms with E-state index in [1.165, 1.54) is 18.2 Å². The summed E-state index contributed by atoms with van der Waals surface area (Å²) in [6.07, 6.45) is 0. The molecule has 110 valence electrons. The molecule has 0 aliphatic rings. The second kappa shape index (κ2) is 5.75. The second-order valence-electron chi connectivity index (χ2n) is 4.07. The molecule has 8 heteroatoms. The smallest absolute Gasteiger partial charge is 0.358 e. The molecule has 0 fully saturated rings. The van der Waals surface area contributed by atoms with Gasteiger partial charge < -0.3 is 16.2 Å². The number of hydrogen-bond donors (Lipinski definition) is 2. The number of nitrogens with two attached hydrogens (primary N) is 2. The Morgan fingerprint density at radius 3 is 2.57 bits per heavy atom. The number of nitrogens with zero attached hydrogens (tertiary/aromatic N) is 1. The van der Waals surface area contributed by atoms with E-state index in [0.29, 0.717) is 5.02 Å². The molecule has 0 spiro atoms. The Morgan fingerprint density at radius 2 is 2.00 bits per heavy atom. The predicted molar refractivity (Wildman–Crippen MR) is 79.8 cm³/mol. The number of halogens is 3. The summed E-state index contributed by atoms with van der Waals surface area (Å²) in [7, 11) is 1.15. The van der Waals surface area contributed by atoms with Crippen LogP contribution in [0.5, 0.6) is 0 Å². The number of aromatic nitrogens is 1. The molecule has 0 radical (unpaired) electrons. The van der Waals surface area contributed by atoms with Crippen molar-refractivity contribution in [1.82, 2.24) is 4.98 Å². The van der Waals surface area contributed by atoms with E-state index in [0.717, 1.165) is 7.11 Å². The van der Waals surface area contributed by atoms with Crippen LogP contribution in [0.3, 0.4) is 0 Å². The number of pyridine rings is 1. The van der Waals surface area contributed by atoms with Crippen molar-refractivity contribution in [3.8, 4) is 11.3 Å². The van der Waals surface area contributed by atoms with Crippen molar-refractivity contribution >= 4 is 40.5 Å². The summed E-state index contributed by atoms with van der Waals surface area (Å²) in [6.45, 7) is 0. The minimum atomic E-state index is -0.873. The summed E-state index contributed by atoms with van der Waals surface area (Å²) in [4.78, 5) is 15.5. The molecule has 2 aromatic rings. The maximum atomic E-state index is 14.3. The number of nitrogen functional groups attached to an aromatic ring is 2. The van der Waals surface area contributed by atoms with Crippen molar-refractivity contribution in [1.29, 1.82) is 0 Å². The van der Waals surface area contributed by atoms with Gasteiger partial charge in [0.15, 0.2) is 11.5 Å². The van der Waals surface area contributed by atoms with Gasteiger partial charge in [-0.2, -0.15) is 0 Å². The molecule has 0 atom stereocenters. The van der Waals surface area contributed by atoms with Crippen molar-refractivity contribution < 1.29 is 13.9 Å². The van der Waals surface area contributed by atoms with Gasteiger partial charge in [-0.05, 0) is 18.2 Å². The monoisotopic (exact) mass is 329 g/mol. The van der Waals surface area contributed by atoms with Crippen molar-refractivity contribution in [2.75, 3.05) is 18.6 Å². The minimum Gasteiger partial charge on any atom is -0.464 e. The van der Waals surface area contributed by atoms with Crippen molar-refractivity contribution in [2.45, 2.75) is 0 Å². The van der Waals surface area contributed by atoms with Crippen LogP contribution in [-0.2, 0) is 4.74 Å². The molecule has 0 unspecified atom stereocenters. The lowest BCUT2D eigenvalue weighted by molar-refractivity contribution is 0.0594. The van der Waals surface area contributed by atoms with Gasteiger partial charge >= 0.3 is 5.97 Å². The van der Waals surface area contributed by atoms with Gasteiger partial charge in [0.2, 0.25) is 0 Å². The first-order valence-electron chi connectivity index (χ1n) is 5.65. The lowest BCUT2D eigenvalue weighted by atomic mass is 10.1. The zero-order valence-electron chi connectivity index (χ0n) is 10.8. The largest absolute Gasteiger partial charge is 0.464 e. The summed E-state index contributed by atoms with van der Waals surface area (Å²) in [5.41, 5.74) is 10.9. The number of benzene rings is 1. The van der Waals surface area contributed by atoms with E-state index in [1.54, 1.807) is 0 Å². The van der Waals surface area contributed by atoms with Crippen LogP contribution in [-0.4, -0.2) is 18.1 Å². The van der Waals surface area contributed by atoms with E-state index in [4.69, 9.17) is 34.7 Å². The van der Waals surface area contributed by atoms with E-state index in [-0.39, 0.29) is 27.7 Å². The molecule has 0 bridgehead atoms. The molecule has 2 rings (SSSR count). The molecule has 1 heterocycles. The first-order valence-corrected chi connectivity index (χ1v) is 6.40. The summed E-state index contributed by atoms with van der Waals surface area (Å²) < 4.78 is 18.8.